The molecule has 0 atom stereocenters. The molecule has 2 N–H and O–H groups in total. The van der Waals surface area contributed by atoms with Crippen LogP contribution in [0.1, 0.15) is 30.6 Å². The molecule has 0 saturated carbocycles. The number of carbonyl (C=O) groups is 1. The zero-order valence-corrected chi connectivity index (χ0v) is 14.3. The normalized spacial score (nSPS) is 11.0. The smallest absolute Gasteiger partial charge is 0.349 e. The second kappa shape index (κ2) is 8.39. The van der Waals surface area contributed by atoms with Crippen LogP contribution in [-0.2, 0) is 0 Å². The largest absolute Gasteiger partial charge is 0.422 e. The van der Waals surface area contributed by atoms with Gasteiger partial charge < -0.3 is 14.6 Å². The second-order valence-corrected chi connectivity index (χ2v) is 5.74. The van der Waals surface area contributed by atoms with Crippen molar-refractivity contribution < 1.29 is 19.0 Å². The van der Waals surface area contributed by atoms with Crippen LogP contribution in [-0.4, -0.2) is 37.0 Å². The number of carbonyl (C=O) groups excluding carboxylic acids is 1. The third-order valence-corrected chi connectivity index (χ3v) is 4.16. The van der Waals surface area contributed by atoms with E-state index in [9.17, 15) is 19.7 Å². The third-order valence-electron chi connectivity index (χ3n) is 4.16. The predicted molar refractivity (Wildman–Crippen MR) is 93.0 cm³/mol. The molecule has 8 heteroatoms. The number of quaternary nitrogens is 1. The third kappa shape index (κ3) is 4.63. The predicted octanol–water partition coefficient (Wildman–Crippen LogP) is 0.746. The average Bonchev–Trinajstić information content (AvgIpc) is 2.60. The van der Waals surface area contributed by atoms with Crippen LogP contribution in [0.15, 0.2) is 33.5 Å². The molecule has 0 bridgehead atoms. The van der Waals surface area contributed by atoms with Gasteiger partial charge in [-0.2, -0.15) is 0 Å². The van der Waals surface area contributed by atoms with E-state index in [-0.39, 0.29) is 16.8 Å². The molecule has 0 aliphatic rings. The summed E-state index contributed by atoms with van der Waals surface area (Å²) in [5.41, 5.74) is -0.830. The standard InChI is InChI=1S/C17H21N3O5/c1-3-19(4-2)9-5-8-18-16(21)14-11-12-10-13(20(23)24)6-7-15(12)25-17(14)22/h6-7,10-11H,3-5,8-9H2,1-2H3,(H,18,21)/p+1. The Bertz CT molecular complexity index is 827. The van der Waals surface area contributed by atoms with Gasteiger partial charge in [-0.3, -0.25) is 14.9 Å². The fourth-order valence-corrected chi connectivity index (χ4v) is 2.62. The van der Waals surface area contributed by atoms with Crippen molar-refractivity contribution in [3.63, 3.8) is 0 Å². The second-order valence-electron chi connectivity index (χ2n) is 5.74. The number of fused-ring (bicyclic) bond motifs is 1. The first kappa shape index (κ1) is 18.6. The first-order valence-electron chi connectivity index (χ1n) is 8.30. The Morgan fingerprint density at radius 2 is 2.00 bits per heavy atom. The van der Waals surface area contributed by atoms with Gasteiger partial charge in [-0.1, -0.05) is 0 Å². The Labute approximate surface area is 144 Å². The molecule has 0 aliphatic carbocycles. The van der Waals surface area contributed by atoms with Crippen LogP contribution in [0.2, 0.25) is 0 Å². The molecular weight excluding hydrogens is 326 g/mol. The number of hydrogen-bond acceptors (Lipinski definition) is 5. The molecule has 25 heavy (non-hydrogen) atoms. The van der Waals surface area contributed by atoms with Gasteiger partial charge >= 0.3 is 5.63 Å². The lowest BCUT2D eigenvalue weighted by Gasteiger charge is -2.15. The molecule has 1 aromatic carbocycles. The molecule has 0 saturated heterocycles. The number of rotatable bonds is 8. The minimum Gasteiger partial charge on any atom is -0.422 e. The molecule has 1 aromatic heterocycles. The molecule has 134 valence electrons. The number of nitrogens with zero attached hydrogens (tertiary/aromatic N) is 1. The van der Waals surface area contributed by atoms with Crippen LogP contribution in [0.5, 0.6) is 0 Å². The fourth-order valence-electron chi connectivity index (χ4n) is 2.62. The molecular formula is C17H22N3O5+. The van der Waals surface area contributed by atoms with Gasteiger partial charge in [-0.15, -0.1) is 0 Å². The van der Waals surface area contributed by atoms with E-state index < -0.39 is 16.5 Å². The van der Waals surface area contributed by atoms with E-state index in [4.69, 9.17) is 4.42 Å². The minimum atomic E-state index is -0.756. The molecule has 0 aliphatic heterocycles. The molecule has 1 heterocycles. The van der Waals surface area contributed by atoms with Crippen molar-refractivity contribution in [2.75, 3.05) is 26.2 Å². The monoisotopic (exact) mass is 348 g/mol. The van der Waals surface area contributed by atoms with E-state index in [2.05, 4.69) is 19.2 Å². The van der Waals surface area contributed by atoms with Crippen LogP contribution in [0.4, 0.5) is 5.69 Å². The Kier molecular flexibility index (Phi) is 6.24. The highest BCUT2D eigenvalue weighted by molar-refractivity contribution is 5.96. The quantitative estimate of drug-likeness (QED) is 0.317. The summed E-state index contributed by atoms with van der Waals surface area (Å²) in [7, 11) is 0. The highest BCUT2D eigenvalue weighted by Gasteiger charge is 2.15. The van der Waals surface area contributed by atoms with Crippen LogP contribution in [0.3, 0.4) is 0 Å². The van der Waals surface area contributed by atoms with Gasteiger partial charge in [0.2, 0.25) is 0 Å². The van der Waals surface area contributed by atoms with Crippen molar-refractivity contribution in [1.82, 2.24) is 5.32 Å². The highest BCUT2D eigenvalue weighted by Crippen LogP contribution is 2.20. The Hall–Kier alpha value is -2.74. The molecule has 2 aromatic rings. The summed E-state index contributed by atoms with van der Waals surface area (Å²) in [6.07, 6.45) is 0.799. The van der Waals surface area contributed by atoms with Gasteiger partial charge in [0, 0.05) is 30.5 Å². The lowest BCUT2D eigenvalue weighted by molar-refractivity contribution is -0.896. The molecule has 0 unspecified atom stereocenters. The van der Waals surface area contributed by atoms with E-state index in [1.165, 1.54) is 29.2 Å². The van der Waals surface area contributed by atoms with Crippen molar-refractivity contribution in [2.45, 2.75) is 20.3 Å². The summed E-state index contributed by atoms with van der Waals surface area (Å²) in [5, 5.41) is 13.9. The molecule has 0 spiro atoms. The van der Waals surface area contributed by atoms with E-state index in [1.807, 2.05) is 0 Å². The van der Waals surface area contributed by atoms with Crippen LogP contribution >= 0.6 is 0 Å². The summed E-state index contributed by atoms with van der Waals surface area (Å²) in [4.78, 5) is 35.9. The molecule has 0 radical (unpaired) electrons. The van der Waals surface area contributed by atoms with Gasteiger partial charge in [0.15, 0.2) is 0 Å². The van der Waals surface area contributed by atoms with Crippen molar-refractivity contribution in [3.8, 4) is 0 Å². The van der Waals surface area contributed by atoms with Crippen LogP contribution in [0, 0.1) is 10.1 Å². The van der Waals surface area contributed by atoms with Crippen LogP contribution < -0.4 is 15.8 Å². The zero-order chi connectivity index (χ0) is 18.4. The van der Waals surface area contributed by atoms with Gasteiger partial charge in [-0.05, 0) is 26.0 Å². The molecule has 2 rings (SSSR count). The van der Waals surface area contributed by atoms with Gasteiger partial charge in [0.05, 0.1) is 24.6 Å². The topological polar surface area (TPSA) is 107 Å². The number of nitro benzene ring substituents is 1. The van der Waals surface area contributed by atoms with Crippen molar-refractivity contribution in [2.24, 2.45) is 0 Å². The SMILES string of the molecule is CC[NH+](CC)CCCNC(=O)c1cc2cc([N+](=O)[O-])ccc2oc1=O. The number of nitrogens with one attached hydrogen (secondary N) is 2. The first-order chi connectivity index (χ1) is 12.0. The summed E-state index contributed by atoms with van der Waals surface area (Å²) in [6.45, 7) is 7.66. The number of benzene rings is 1. The fraction of sp³-hybridized carbons (Fsp3) is 0.412. The molecule has 1 amide bonds. The molecule has 0 fully saturated rings. The number of amides is 1. The lowest BCUT2D eigenvalue weighted by Crippen LogP contribution is -3.11. The van der Waals surface area contributed by atoms with E-state index in [0.29, 0.717) is 11.9 Å². The number of nitro groups is 1. The van der Waals surface area contributed by atoms with Gasteiger partial charge in [-0.25, -0.2) is 4.79 Å². The number of non-ortho nitro benzene ring substituents is 1. The maximum atomic E-state index is 12.2. The first-order valence-corrected chi connectivity index (χ1v) is 8.30. The Morgan fingerprint density at radius 3 is 2.64 bits per heavy atom. The zero-order valence-electron chi connectivity index (χ0n) is 14.3. The van der Waals surface area contributed by atoms with E-state index in [1.54, 1.807) is 0 Å². The van der Waals surface area contributed by atoms with Crippen molar-refractivity contribution in [3.05, 3.63) is 50.4 Å². The van der Waals surface area contributed by atoms with Gasteiger partial charge in [0.1, 0.15) is 11.1 Å². The van der Waals surface area contributed by atoms with Crippen LogP contribution in [0.25, 0.3) is 11.0 Å². The maximum Gasteiger partial charge on any atom is 0.349 e. The number of hydrogen-bond donors (Lipinski definition) is 2. The van der Waals surface area contributed by atoms with Gasteiger partial charge in [0.25, 0.3) is 11.6 Å². The molecule has 8 nitrogen and oxygen atoms in total. The highest BCUT2D eigenvalue weighted by atomic mass is 16.6. The summed E-state index contributed by atoms with van der Waals surface area (Å²) < 4.78 is 5.08. The summed E-state index contributed by atoms with van der Waals surface area (Å²) in [5.74, 6) is -0.531. The minimum absolute atomic E-state index is 0.130. The van der Waals surface area contributed by atoms with Crippen molar-refractivity contribution in [1.29, 1.82) is 0 Å². The maximum absolute atomic E-state index is 12.2. The van der Waals surface area contributed by atoms with E-state index >= 15 is 0 Å². The summed E-state index contributed by atoms with van der Waals surface area (Å²) >= 11 is 0. The average molecular weight is 348 g/mol. The lowest BCUT2D eigenvalue weighted by atomic mass is 10.1. The summed E-state index contributed by atoms with van der Waals surface area (Å²) in [6, 6.07) is 5.21. The van der Waals surface area contributed by atoms with E-state index in [0.717, 1.165) is 26.1 Å². The Balaban J connectivity index is 2.10. The van der Waals surface area contributed by atoms with Crippen molar-refractivity contribution >= 4 is 22.6 Å². The Morgan fingerprint density at radius 1 is 1.28 bits per heavy atom.